The molecule has 0 radical (unpaired) electrons. The highest BCUT2D eigenvalue weighted by Crippen LogP contribution is 2.38. The minimum atomic E-state index is 0. The molecule has 3 heteroatoms. The summed E-state index contributed by atoms with van der Waals surface area (Å²) in [6, 6.07) is 7.75. The summed E-state index contributed by atoms with van der Waals surface area (Å²) >= 11 is 0. The Bertz CT molecular complexity index is 346. The summed E-state index contributed by atoms with van der Waals surface area (Å²) < 4.78 is 0. The van der Waals surface area contributed by atoms with Gasteiger partial charge in [-0.15, -0.1) is 12.4 Å². The highest BCUT2D eigenvalue weighted by molar-refractivity contribution is 5.85. The van der Waals surface area contributed by atoms with E-state index in [2.05, 4.69) is 24.9 Å². The summed E-state index contributed by atoms with van der Waals surface area (Å²) in [5.41, 5.74) is 1.26. The fourth-order valence-electron chi connectivity index (χ4n) is 2.37. The maximum atomic E-state index is 9.88. The van der Waals surface area contributed by atoms with Gasteiger partial charge in [-0.3, -0.25) is 0 Å². The predicted octanol–water partition coefficient (Wildman–Crippen LogP) is 2.80. The minimum Gasteiger partial charge on any atom is -0.508 e. The van der Waals surface area contributed by atoms with Crippen molar-refractivity contribution in [3.8, 4) is 5.75 Å². The first kappa shape index (κ1) is 13.3. The Morgan fingerprint density at radius 2 is 1.75 bits per heavy atom. The second-order valence-corrected chi connectivity index (χ2v) is 4.88. The molecule has 1 aliphatic heterocycles. The van der Waals surface area contributed by atoms with Crippen molar-refractivity contribution >= 4 is 12.4 Å². The minimum absolute atomic E-state index is 0. The summed E-state index contributed by atoms with van der Waals surface area (Å²) in [6.45, 7) is 4.49. The highest BCUT2D eigenvalue weighted by Gasteiger charge is 2.32. The van der Waals surface area contributed by atoms with Gasteiger partial charge in [0.2, 0.25) is 0 Å². The van der Waals surface area contributed by atoms with Crippen LogP contribution < -0.4 is 0 Å². The molecule has 16 heavy (non-hydrogen) atoms. The monoisotopic (exact) mass is 241 g/mol. The number of likely N-dealkylation sites (tertiary alicyclic amines) is 1. The van der Waals surface area contributed by atoms with Gasteiger partial charge in [0.05, 0.1) is 0 Å². The van der Waals surface area contributed by atoms with Gasteiger partial charge in [0.25, 0.3) is 0 Å². The molecule has 1 heterocycles. The summed E-state index contributed by atoms with van der Waals surface area (Å²) in [5, 5.41) is 9.88. The van der Waals surface area contributed by atoms with E-state index in [4.69, 9.17) is 0 Å². The van der Waals surface area contributed by atoms with Crippen LogP contribution in [0.3, 0.4) is 0 Å². The van der Waals surface area contributed by atoms with Gasteiger partial charge >= 0.3 is 0 Å². The molecule has 0 unspecified atom stereocenters. The van der Waals surface area contributed by atoms with Gasteiger partial charge in [0.15, 0.2) is 0 Å². The van der Waals surface area contributed by atoms with E-state index in [1.54, 1.807) is 6.07 Å². The zero-order valence-corrected chi connectivity index (χ0v) is 10.8. The lowest BCUT2D eigenvalue weighted by Crippen LogP contribution is -2.38. The van der Waals surface area contributed by atoms with Gasteiger partial charge in [-0.05, 0) is 50.0 Å². The molecule has 0 amide bonds. The highest BCUT2D eigenvalue weighted by atomic mass is 35.5. The first-order chi connectivity index (χ1) is 7.12. The van der Waals surface area contributed by atoms with Crippen LogP contribution >= 0.6 is 12.4 Å². The van der Waals surface area contributed by atoms with Crippen LogP contribution in [0.5, 0.6) is 5.75 Å². The predicted molar refractivity (Wildman–Crippen MR) is 69.4 cm³/mol. The Morgan fingerprint density at radius 3 is 2.31 bits per heavy atom. The SMILES string of the molecule is CN1CCC(C)(c2ccccc2O)CC1.Cl. The average Bonchev–Trinajstić information content (AvgIpc) is 2.23. The van der Waals surface area contributed by atoms with E-state index in [1.807, 2.05) is 12.1 Å². The van der Waals surface area contributed by atoms with Crippen LogP contribution in [0.25, 0.3) is 0 Å². The molecule has 0 aliphatic carbocycles. The molecule has 1 aliphatic rings. The molecule has 1 fully saturated rings. The van der Waals surface area contributed by atoms with E-state index >= 15 is 0 Å². The number of hydrogen-bond donors (Lipinski definition) is 1. The molecule has 0 bridgehead atoms. The van der Waals surface area contributed by atoms with Gasteiger partial charge in [-0.1, -0.05) is 25.1 Å². The van der Waals surface area contributed by atoms with Crippen molar-refractivity contribution in [1.82, 2.24) is 4.90 Å². The summed E-state index contributed by atoms with van der Waals surface area (Å²) in [5.74, 6) is 0.449. The van der Waals surface area contributed by atoms with E-state index in [1.165, 1.54) is 0 Å². The summed E-state index contributed by atoms with van der Waals surface area (Å²) in [4.78, 5) is 2.35. The van der Waals surface area contributed by atoms with Crippen molar-refractivity contribution in [2.75, 3.05) is 20.1 Å². The van der Waals surface area contributed by atoms with Crippen molar-refractivity contribution in [2.24, 2.45) is 0 Å². The number of para-hydroxylation sites is 1. The van der Waals surface area contributed by atoms with E-state index < -0.39 is 0 Å². The van der Waals surface area contributed by atoms with Gasteiger partial charge in [0, 0.05) is 0 Å². The first-order valence-corrected chi connectivity index (χ1v) is 5.59. The molecule has 1 aromatic carbocycles. The second kappa shape index (κ2) is 5.07. The van der Waals surface area contributed by atoms with Crippen molar-refractivity contribution in [1.29, 1.82) is 0 Å². The third-order valence-electron chi connectivity index (χ3n) is 3.64. The number of phenolic OH excluding ortho intramolecular Hbond substituents is 1. The summed E-state index contributed by atoms with van der Waals surface area (Å²) in [7, 11) is 2.16. The molecule has 1 N–H and O–H groups in total. The molecule has 0 spiro atoms. The van der Waals surface area contributed by atoms with Gasteiger partial charge in [-0.25, -0.2) is 0 Å². The van der Waals surface area contributed by atoms with Crippen LogP contribution in [0.15, 0.2) is 24.3 Å². The molecule has 2 nitrogen and oxygen atoms in total. The fraction of sp³-hybridized carbons (Fsp3) is 0.538. The Balaban J connectivity index is 0.00000128. The van der Waals surface area contributed by atoms with Crippen molar-refractivity contribution < 1.29 is 5.11 Å². The van der Waals surface area contributed by atoms with Crippen LogP contribution in [0.2, 0.25) is 0 Å². The number of aromatic hydroxyl groups is 1. The normalized spacial score (nSPS) is 20.1. The van der Waals surface area contributed by atoms with Crippen molar-refractivity contribution in [3.05, 3.63) is 29.8 Å². The number of phenols is 1. The molecule has 1 aromatic rings. The zero-order chi connectivity index (χ0) is 10.9. The van der Waals surface area contributed by atoms with E-state index in [0.29, 0.717) is 5.75 Å². The number of rotatable bonds is 1. The molecule has 2 rings (SSSR count). The second-order valence-electron chi connectivity index (χ2n) is 4.88. The summed E-state index contributed by atoms with van der Waals surface area (Å²) in [6.07, 6.45) is 2.25. The van der Waals surface area contributed by atoms with E-state index in [-0.39, 0.29) is 17.8 Å². The van der Waals surface area contributed by atoms with Crippen LogP contribution in [0, 0.1) is 0 Å². The third kappa shape index (κ3) is 2.50. The maximum absolute atomic E-state index is 9.88. The lowest BCUT2D eigenvalue weighted by Gasteiger charge is -2.38. The first-order valence-electron chi connectivity index (χ1n) is 5.59. The lowest BCUT2D eigenvalue weighted by molar-refractivity contribution is 0.197. The molecule has 0 aromatic heterocycles. The quantitative estimate of drug-likeness (QED) is 0.818. The van der Waals surface area contributed by atoms with Gasteiger partial charge < -0.3 is 10.0 Å². The topological polar surface area (TPSA) is 23.5 Å². The van der Waals surface area contributed by atoms with Crippen LogP contribution in [-0.4, -0.2) is 30.1 Å². The molecule has 90 valence electrons. The number of halogens is 1. The Kier molecular flexibility index (Phi) is 4.22. The maximum Gasteiger partial charge on any atom is 0.119 e. The van der Waals surface area contributed by atoms with Gasteiger partial charge in [-0.2, -0.15) is 0 Å². The fourth-order valence-corrected chi connectivity index (χ4v) is 2.37. The standard InChI is InChI=1S/C13H19NO.ClH/c1-13(7-9-14(2)10-8-13)11-5-3-4-6-12(11)15;/h3-6,15H,7-10H2,1-2H3;1H. The molecular weight excluding hydrogens is 222 g/mol. The Morgan fingerprint density at radius 1 is 1.19 bits per heavy atom. The van der Waals surface area contributed by atoms with Crippen LogP contribution in [0.4, 0.5) is 0 Å². The molecular formula is C13H20ClNO. The smallest absolute Gasteiger partial charge is 0.119 e. The number of piperidine rings is 1. The van der Waals surface area contributed by atoms with Gasteiger partial charge in [0.1, 0.15) is 5.75 Å². The average molecular weight is 242 g/mol. The van der Waals surface area contributed by atoms with E-state index in [9.17, 15) is 5.11 Å². The number of benzene rings is 1. The molecule has 1 saturated heterocycles. The number of hydrogen-bond acceptors (Lipinski definition) is 2. The Labute approximate surface area is 104 Å². The third-order valence-corrected chi connectivity index (χ3v) is 3.64. The van der Waals surface area contributed by atoms with Crippen LogP contribution in [-0.2, 0) is 5.41 Å². The molecule has 0 atom stereocenters. The molecule has 0 saturated carbocycles. The number of nitrogens with zero attached hydrogens (tertiary/aromatic N) is 1. The van der Waals surface area contributed by atoms with Crippen molar-refractivity contribution in [2.45, 2.75) is 25.2 Å². The van der Waals surface area contributed by atoms with E-state index in [0.717, 1.165) is 31.5 Å². The lowest BCUT2D eigenvalue weighted by atomic mass is 9.74. The van der Waals surface area contributed by atoms with Crippen molar-refractivity contribution in [3.63, 3.8) is 0 Å². The largest absolute Gasteiger partial charge is 0.508 e. The van der Waals surface area contributed by atoms with Crippen LogP contribution in [0.1, 0.15) is 25.3 Å². The zero-order valence-electron chi connectivity index (χ0n) is 9.94. The Hall–Kier alpha value is -0.730.